The van der Waals surface area contributed by atoms with Gasteiger partial charge >= 0.3 is 0 Å². The van der Waals surface area contributed by atoms with Crippen LogP contribution in [0.1, 0.15) is 67.9 Å². The van der Waals surface area contributed by atoms with Gasteiger partial charge in [0.2, 0.25) is 0 Å². The fourth-order valence-corrected chi connectivity index (χ4v) is 4.60. The molecular formula is C17H28ClN5O. The number of carbonyl (C=O) groups is 1. The lowest BCUT2D eigenvalue weighted by Crippen LogP contribution is -2.33. The van der Waals surface area contributed by atoms with Gasteiger partial charge in [-0.25, -0.2) is 4.68 Å². The average molecular weight is 354 g/mol. The van der Waals surface area contributed by atoms with Crippen molar-refractivity contribution >= 4 is 18.3 Å². The van der Waals surface area contributed by atoms with Crippen LogP contribution in [0, 0.1) is 5.41 Å². The van der Waals surface area contributed by atoms with E-state index in [0.29, 0.717) is 17.2 Å². The number of carbonyl (C=O) groups excluding carboxylic acids is 1. The van der Waals surface area contributed by atoms with E-state index in [1.54, 1.807) is 0 Å². The summed E-state index contributed by atoms with van der Waals surface area (Å²) in [5.41, 5.74) is 0.926. The van der Waals surface area contributed by atoms with Crippen molar-refractivity contribution in [2.24, 2.45) is 5.41 Å². The van der Waals surface area contributed by atoms with Gasteiger partial charge in [0.25, 0.3) is 5.91 Å². The molecule has 0 radical (unpaired) electrons. The summed E-state index contributed by atoms with van der Waals surface area (Å²) in [6.07, 6.45) is 11.7. The van der Waals surface area contributed by atoms with E-state index in [4.69, 9.17) is 0 Å². The van der Waals surface area contributed by atoms with Gasteiger partial charge in [0, 0.05) is 13.1 Å². The Bertz CT molecular complexity index is 563. The Labute approximate surface area is 149 Å². The summed E-state index contributed by atoms with van der Waals surface area (Å²) < 4.78 is 1.90. The molecule has 1 aliphatic carbocycles. The Kier molecular flexibility index (Phi) is 5.45. The number of rotatable bonds is 2. The van der Waals surface area contributed by atoms with Crippen molar-refractivity contribution < 1.29 is 4.79 Å². The molecular weight excluding hydrogens is 326 g/mol. The van der Waals surface area contributed by atoms with E-state index < -0.39 is 0 Å². The summed E-state index contributed by atoms with van der Waals surface area (Å²) in [4.78, 5) is 14.8. The largest absolute Gasteiger partial charge is 0.337 e. The molecule has 0 atom stereocenters. The lowest BCUT2D eigenvalue weighted by molar-refractivity contribution is 0.0753. The highest BCUT2D eigenvalue weighted by Crippen LogP contribution is 2.43. The van der Waals surface area contributed by atoms with Gasteiger partial charge in [-0.2, -0.15) is 0 Å². The molecule has 1 amide bonds. The second kappa shape index (κ2) is 7.40. The molecule has 2 aliphatic heterocycles. The van der Waals surface area contributed by atoms with Crippen molar-refractivity contribution in [1.29, 1.82) is 0 Å². The molecule has 3 heterocycles. The minimum Gasteiger partial charge on any atom is -0.337 e. The SMILES string of the molecule is Cl.O=C(c1cn(C2CCNCC2)nn1)N1CCC2(CCCCC2)C1. The predicted octanol–water partition coefficient (Wildman–Crippen LogP) is 2.42. The Balaban J connectivity index is 0.00000169. The van der Waals surface area contributed by atoms with E-state index in [1.165, 1.54) is 38.5 Å². The quantitative estimate of drug-likeness (QED) is 0.886. The Morgan fingerprint density at radius 3 is 2.67 bits per heavy atom. The van der Waals surface area contributed by atoms with E-state index in [1.807, 2.05) is 15.8 Å². The minimum atomic E-state index is 0. The second-order valence-corrected chi connectivity index (χ2v) is 7.60. The lowest BCUT2D eigenvalue weighted by Gasteiger charge is -2.33. The van der Waals surface area contributed by atoms with Crippen molar-refractivity contribution in [2.45, 2.75) is 57.4 Å². The number of nitrogens with zero attached hydrogens (tertiary/aromatic N) is 4. The lowest BCUT2D eigenvalue weighted by atomic mass is 9.73. The minimum absolute atomic E-state index is 0. The highest BCUT2D eigenvalue weighted by atomic mass is 35.5. The summed E-state index contributed by atoms with van der Waals surface area (Å²) in [6.45, 7) is 3.84. The van der Waals surface area contributed by atoms with E-state index in [0.717, 1.165) is 39.0 Å². The molecule has 0 aromatic carbocycles. The predicted molar refractivity (Wildman–Crippen MR) is 94.4 cm³/mol. The van der Waals surface area contributed by atoms with Crippen LogP contribution in [0.3, 0.4) is 0 Å². The summed E-state index contributed by atoms with van der Waals surface area (Å²) >= 11 is 0. The Morgan fingerprint density at radius 1 is 1.17 bits per heavy atom. The highest BCUT2D eigenvalue weighted by molar-refractivity contribution is 5.92. The van der Waals surface area contributed by atoms with E-state index in [9.17, 15) is 4.79 Å². The van der Waals surface area contributed by atoms with E-state index in [-0.39, 0.29) is 18.3 Å². The molecule has 7 heteroatoms. The first-order chi connectivity index (χ1) is 11.3. The summed E-state index contributed by atoms with van der Waals surface area (Å²) in [6, 6.07) is 0.383. The Hall–Kier alpha value is -1.14. The van der Waals surface area contributed by atoms with Crippen LogP contribution in [0.25, 0.3) is 0 Å². The number of hydrogen-bond acceptors (Lipinski definition) is 4. The molecule has 3 aliphatic rings. The van der Waals surface area contributed by atoms with E-state index in [2.05, 4.69) is 15.6 Å². The van der Waals surface area contributed by atoms with Crippen LogP contribution in [0.2, 0.25) is 0 Å². The topological polar surface area (TPSA) is 63.1 Å². The number of likely N-dealkylation sites (tertiary alicyclic amines) is 1. The fourth-order valence-electron chi connectivity index (χ4n) is 4.60. The molecule has 24 heavy (non-hydrogen) atoms. The van der Waals surface area contributed by atoms with Crippen LogP contribution in [-0.4, -0.2) is 52.0 Å². The molecule has 1 aromatic heterocycles. The molecule has 0 unspecified atom stereocenters. The molecule has 1 N–H and O–H groups in total. The molecule has 1 saturated carbocycles. The van der Waals surface area contributed by atoms with Gasteiger partial charge in [0.15, 0.2) is 5.69 Å². The van der Waals surface area contributed by atoms with Gasteiger partial charge in [-0.05, 0) is 50.6 Å². The normalized spacial score (nSPS) is 24.1. The van der Waals surface area contributed by atoms with Gasteiger partial charge < -0.3 is 10.2 Å². The molecule has 2 saturated heterocycles. The first kappa shape index (κ1) is 17.7. The van der Waals surface area contributed by atoms with Gasteiger partial charge in [0.1, 0.15) is 0 Å². The van der Waals surface area contributed by atoms with Crippen LogP contribution >= 0.6 is 12.4 Å². The number of halogens is 1. The smallest absolute Gasteiger partial charge is 0.276 e. The maximum atomic E-state index is 12.8. The maximum absolute atomic E-state index is 12.8. The summed E-state index contributed by atoms with van der Waals surface area (Å²) in [5.74, 6) is 0.0765. The summed E-state index contributed by atoms with van der Waals surface area (Å²) in [7, 11) is 0. The zero-order chi connectivity index (χ0) is 15.7. The van der Waals surface area contributed by atoms with Crippen LogP contribution in [0.15, 0.2) is 6.20 Å². The third-order valence-electron chi connectivity index (χ3n) is 6.05. The number of hydrogen-bond donors (Lipinski definition) is 1. The van der Waals surface area contributed by atoms with Crippen LogP contribution in [-0.2, 0) is 0 Å². The van der Waals surface area contributed by atoms with Gasteiger partial charge in [-0.3, -0.25) is 4.79 Å². The Morgan fingerprint density at radius 2 is 1.92 bits per heavy atom. The van der Waals surface area contributed by atoms with Crippen molar-refractivity contribution in [3.63, 3.8) is 0 Å². The zero-order valence-corrected chi connectivity index (χ0v) is 15.1. The summed E-state index contributed by atoms with van der Waals surface area (Å²) in [5, 5.41) is 11.8. The molecule has 0 bridgehead atoms. The molecule has 1 spiro atoms. The van der Waals surface area contributed by atoms with Crippen LogP contribution in [0.5, 0.6) is 0 Å². The molecule has 1 aromatic rings. The van der Waals surface area contributed by atoms with Crippen molar-refractivity contribution in [1.82, 2.24) is 25.2 Å². The first-order valence-corrected chi connectivity index (χ1v) is 9.18. The zero-order valence-electron chi connectivity index (χ0n) is 14.2. The fraction of sp³-hybridized carbons (Fsp3) is 0.824. The number of nitrogens with one attached hydrogen (secondary N) is 1. The van der Waals surface area contributed by atoms with Gasteiger partial charge in [-0.1, -0.05) is 24.5 Å². The second-order valence-electron chi connectivity index (χ2n) is 7.60. The number of piperidine rings is 1. The van der Waals surface area contributed by atoms with E-state index >= 15 is 0 Å². The van der Waals surface area contributed by atoms with Crippen LogP contribution in [0.4, 0.5) is 0 Å². The van der Waals surface area contributed by atoms with Gasteiger partial charge in [-0.15, -0.1) is 17.5 Å². The van der Waals surface area contributed by atoms with Gasteiger partial charge in [0.05, 0.1) is 12.2 Å². The van der Waals surface area contributed by atoms with Crippen molar-refractivity contribution in [3.05, 3.63) is 11.9 Å². The van der Waals surface area contributed by atoms with Crippen molar-refractivity contribution in [2.75, 3.05) is 26.2 Å². The number of amides is 1. The van der Waals surface area contributed by atoms with Crippen LogP contribution < -0.4 is 5.32 Å². The molecule has 3 fully saturated rings. The first-order valence-electron chi connectivity index (χ1n) is 9.18. The maximum Gasteiger partial charge on any atom is 0.276 e. The third-order valence-corrected chi connectivity index (χ3v) is 6.05. The number of aromatic nitrogens is 3. The average Bonchev–Trinajstić information content (AvgIpc) is 3.24. The highest BCUT2D eigenvalue weighted by Gasteiger charge is 2.41. The molecule has 4 rings (SSSR count). The molecule has 134 valence electrons. The monoisotopic (exact) mass is 353 g/mol. The third kappa shape index (κ3) is 3.45. The standard InChI is InChI=1S/C17H27N5O.ClH/c23-16(21-11-8-17(13-21)6-2-1-3-7-17)15-12-22(20-19-15)14-4-9-18-10-5-14;/h12,14,18H,1-11,13H2;1H. The van der Waals surface area contributed by atoms with Crippen molar-refractivity contribution in [3.8, 4) is 0 Å². The molecule has 6 nitrogen and oxygen atoms in total.